The van der Waals surface area contributed by atoms with Gasteiger partial charge in [0.15, 0.2) is 0 Å². The maximum atomic E-state index is 6.15. The first-order valence-electron chi connectivity index (χ1n) is 5.83. The van der Waals surface area contributed by atoms with Crippen LogP contribution >= 0.6 is 0 Å². The van der Waals surface area contributed by atoms with Crippen molar-refractivity contribution in [2.45, 2.75) is 45.3 Å². The van der Waals surface area contributed by atoms with Crippen LogP contribution in [0.3, 0.4) is 0 Å². The van der Waals surface area contributed by atoms with Gasteiger partial charge >= 0.3 is 0 Å². The van der Waals surface area contributed by atoms with E-state index in [4.69, 9.17) is 10.5 Å². The molecule has 1 unspecified atom stereocenters. The van der Waals surface area contributed by atoms with Crippen LogP contribution in [0.5, 0.6) is 0 Å². The Morgan fingerprint density at radius 3 is 2.75 bits per heavy atom. The van der Waals surface area contributed by atoms with Crippen molar-refractivity contribution >= 4 is 0 Å². The van der Waals surface area contributed by atoms with Crippen LogP contribution in [0.1, 0.15) is 32.9 Å². The monoisotopic (exact) mass is 225 g/mol. The first-order chi connectivity index (χ1) is 7.47. The van der Waals surface area contributed by atoms with Crippen LogP contribution in [0.25, 0.3) is 0 Å². The summed E-state index contributed by atoms with van der Waals surface area (Å²) in [6, 6.07) is 2.07. The van der Waals surface area contributed by atoms with E-state index < -0.39 is 0 Å². The van der Waals surface area contributed by atoms with Crippen LogP contribution in [-0.2, 0) is 18.2 Å². The van der Waals surface area contributed by atoms with Crippen LogP contribution in [0.2, 0.25) is 0 Å². The standard InChI is InChI=1S/C12H23N3O/c1-5-16-12(2,3)11(13)7-6-10-8-9-14-15(10)4/h8-9,11H,5-7,13H2,1-4H3. The molecule has 1 aromatic rings. The molecule has 16 heavy (non-hydrogen) atoms. The Labute approximate surface area is 97.8 Å². The number of nitrogens with zero attached hydrogens (tertiary/aromatic N) is 2. The van der Waals surface area contributed by atoms with E-state index in [1.807, 2.05) is 44.8 Å². The number of nitrogens with two attached hydrogens (primary N) is 1. The third-order valence-corrected chi connectivity index (χ3v) is 3.04. The molecule has 0 spiro atoms. The fraction of sp³-hybridized carbons (Fsp3) is 0.750. The van der Waals surface area contributed by atoms with E-state index in [1.54, 1.807) is 0 Å². The fourth-order valence-electron chi connectivity index (χ4n) is 1.78. The molecule has 0 aromatic carbocycles. The second-order valence-corrected chi connectivity index (χ2v) is 4.63. The number of hydrogen-bond donors (Lipinski definition) is 1. The molecule has 0 aliphatic rings. The summed E-state index contributed by atoms with van der Waals surface area (Å²) in [7, 11) is 1.95. The summed E-state index contributed by atoms with van der Waals surface area (Å²) < 4.78 is 7.53. The van der Waals surface area contributed by atoms with Gasteiger partial charge in [0.25, 0.3) is 0 Å². The van der Waals surface area contributed by atoms with Gasteiger partial charge < -0.3 is 10.5 Å². The Balaban J connectivity index is 2.46. The summed E-state index contributed by atoms with van der Waals surface area (Å²) in [4.78, 5) is 0. The molecule has 0 aliphatic heterocycles. The third-order valence-electron chi connectivity index (χ3n) is 3.04. The number of aromatic nitrogens is 2. The van der Waals surface area contributed by atoms with Crippen molar-refractivity contribution in [3.8, 4) is 0 Å². The number of hydrogen-bond acceptors (Lipinski definition) is 3. The molecule has 0 fully saturated rings. The fourth-order valence-corrected chi connectivity index (χ4v) is 1.78. The lowest BCUT2D eigenvalue weighted by Crippen LogP contribution is -2.45. The molecule has 0 aliphatic carbocycles. The first kappa shape index (κ1) is 13.2. The first-order valence-corrected chi connectivity index (χ1v) is 5.83. The molecule has 1 heterocycles. The molecular formula is C12H23N3O. The van der Waals surface area contributed by atoms with Crippen LogP contribution in [-0.4, -0.2) is 28.0 Å². The molecule has 1 aromatic heterocycles. The Morgan fingerprint density at radius 1 is 1.56 bits per heavy atom. The topological polar surface area (TPSA) is 53.1 Å². The van der Waals surface area contributed by atoms with Crippen molar-refractivity contribution in [1.82, 2.24) is 9.78 Å². The second kappa shape index (κ2) is 5.46. The van der Waals surface area contributed by atoms with E-state index in [0.29, 0.717) is 6.61 Å². The van der Waals surface area contributed by atoms with Crippen molar-refractivity contribution in [2.24, 2.45) is 12.8 Å². The van der Waals surface area contributed by atoms with Gasteiger partial charge in [-0.15, -0.1) is 0 Å². The molecule has 4 nitrogen and oxygen atoms in total. The van der Waals surface area contributed by atoms with Crippen LogP contribution in [0.4, 0.5) is 0 Å². The highest BCUT2D eigenvalue weighted by atomic mass is 16.5. The normalized spacial score (nSPS) is 14.1. The van der Waals surface area contributed by atoms with Gasteiger partial charge in [-0.25, -0.2) is 0 Å². The van der Waals surface area contributed by atoms with Gasteiger partial charge in [0.1, 0.15) is 0 Å². The minimum Gasteiger partial charge on any atom is -0.374 e. The van der Waals surface area contributed by atoms with Crippen molar-refractivity contribution in [3.05, 3.63) is 18.0 Å². The van der Waals surface area contributed by atoms with E-state index in [-0.39, 0.29) is 11.6 Å². The number of rotatable bonds is 6. The summed E-state index contributed by atoms with van der Waals surface area (Å²) in [5.41, 5.74) is 7.10. The lowest BCUT2D eigenvalue weighted by atomic mass is 9.94. The SMILES string of the molecule is CCOC(C)(C)C(N)CCc1ccnn1C. The minimum absolute atomic E-state index is 0.0438. The molecule has 1 rings (SSSR count). The largest absolute Gasteiger partial charge is 0.374 e. The number of aryl methyl sites for hydroxylation is 2. The van der Waals surface area contributed by atoms with Gasteiger partial charge in [0.05, 0.1) is 5.60 Å². The van der Waals surface area contributed by atoms with Crippen molar-refractivity contribution in [2.75, 3.05) is 6.61 Å². The summed E-state index contributed by atoms with van der Waals surface area (Å²) in [5.74, 6) is 0. The predicted octanol–water partition coefficient (Wildman–Crippen LogP) is 1.50. The van der Waals surface area contributed by atoms with Gasteiger partial charge in [-0.3, -0.25) is 4.68 Å². The molecule has 0 bridgehead atoms. The second-order valence-electron chi connectivity index (χ2n) is 4.63. The van der Waals surface area contributed by atoms with Gasteiger partial charge in [-0.05, 0) is 39.7 Å². The zero-order chi connectivity index (χ0) is 12.2. The van der Waals surface area contributed by atoms with E-state index in [0.717, 1.165) is 12.8 Å². The van der Waals surface area contributed by atoms with Gasteiger partial charge in [0.2, 0.25) is 0 Å². The number of ether oxygens (including phenoxy) is 1. The molecule has 0 amide bonds. The summed E-state index contributed by atoms with van der Waals surface area (Å²) in [5, 5.41) is 4.14. The molecule has 2 N–H and O–H groups in total. The predicted molar refractivity (Wildman–Crippen MR) is 65.2 cm³/mol. The summed E-state index contributed by atoms with van der Waals surface area (Å²) in [6.07, 6.45) is 3.66. The lowest BCUT2D eigenvalue weighted by Gasteiger charge is -2.31. The van der Waals surface area contributed by atoms with Crippen molar-refractivity contribution in [3.63, 3.8) is 0 Å². The third kappa shape index (κ3) is 3.32. The van der Waals surface area contributed by atoms with E-state index in [2.05, 4.69) is 5.10 Å². The Bertz CT molecular complexity index is 320. The highest BCUT2D eigenvalue weighted by Crippen LogP contribution is 2.17. The molecule has 1 atom stereocenters. The average molecular weight is 225 g/mol. The molecular weight excluding hydrogens is 202 g/mol. The van der Waals surface area contributed by atoms with Crippen LogP contribution in [0.15, 0.2) is 12.3 Å². The lowest BCUT2D eigenvalue weighted by molar-refractivity contribution is -0.0306. The van der Waals surface area contributed by atoms with Gasteiger partial charge in [0, 0.05) is 31.6 Å². The zero-order valence-electron chi connectivity index (χ0n) is 10.7. The smallest absolute Gasteiger partial charge is 0.0776 e. The van der Waals surface area contributed by atoms with Crippen LogP contribution < -0.4 is 5.73 Å². The Kier molecular flexibility index (Phi) is 4.50. The van der Waals surface area contributed by atoms with Gasteiger partial charge in [-0.1, -0.05) is 0 Å². The molecule has 0 saturated heterocycles. The molecule has 92 valence electrons. The van der Waals surface area contributed by atoms with E-state index >= 15 is 0 Å². The molecule has 4 heteroatoms. The van der Waals surface area contributed by atoms with Crippen LogP contribution in [0, 0.1) is 0 Å². The summed E-state index contributed by atoms with van der Waals surface area (Å²) >= 11 is 0. The highest BCUT2D eigenvalue weighted by Gasteiger charge is 2.26. The Hall–Kier alpha value is -0.870. The maximum Gasteiger partial charge on any atom is 0.0776 e. The van der Waals surface area contributed by atoms with E-state index in [1.165, 1.54) is 5.69 Å². The maximum absolute atomic E-state index is 6.15. The van der Waals surface area contributed by atoms with Crippen molar-refractivity contribution in [1.29, 1.82) is 0 Å². The zero-order valence-corrected chi connectivity index (χ0v) is 10.7. The quantitative estimate of drug-likeness (QED) is 0.798. The van der Waals surface area contributed by atoms with Gasteiger partial charge in [-0.2, -0.15) is 5.10 Å². The highest BCUT2D eigenvalue weighted by molar-refractivity contribution is 5.01. The Morgan fingerprint density at radius 2 is 2.25 bits per heavy atom. The molecule has 0 saturated carbocycles. The summed E-state index contributed by atoms with van der Waals surface area (Å²) in [6.45, 7) is 6.79. The average Bonchev–Trinajstić information content (AvgIpc) is 2.60. The van der Waals surface area contributed by atoms with Crippen molar-refractivity contribution < 1.29 is 4.74 Å². The minimum atomic E-state index is -0.257. The van der Waals surface area contributed by atoms with E-state index in [9.17, 15) is 0 Å². The molecule has 0 radical (unpaired) electrons.